The molecule has 1 heterocycles. The number of rotatable bonds is 3. The summed E-state index contributed by atoms with van der Waals surface area (Å²) >= 11 is 0. The van der Waals surface area contributed by atoms with Gasteiger partial charge in [-0.05, 0) is 26.7 Å². The summed E-state index contributed by atoms with van der Waals surface area (Å²) in [6, 6.07) is -0.649. The van der Waals surface area contributed by atoms with E-state index in [1.165, 1.54) is 11.8 Å². The zero-order valence-electron chi connectivity index (χ0n) is 10.4. The molecule has 1 fully saturated rings. The number of likely N-dealkylation sites (tertiary alicyclic amines) is 1. The molecule has 2 atom stereocenters. The molecule has 1 rings (SSSR count). The number of amides is 2. The van der Waals surface area contributed by atoms with Crippen molar-refractivity contribution in [1.29, 1.82) is 0 Å². The topological polar surface area (TPSA) is 89.9 Å². The summed E-state index contributed by atoms with van der Waals surface area (Å²) in [5.74, 6) is -0.565. The van der Waals surface area contributed by atoms with Gasteiger partial charge in [0.05, 0.1) is 5.44 Å². The molecule has 1 unspecified atom stereocenters. The highest BCUT2D eigenvalue weighted by Crippen LogP contribution is 2.30. The number of hydrogen-bond acceptors (Lipinski definition) is 4. The molecule has 0 saturated carbocycles. The van der Waals surface area contributed by atoms with Crippen LogP contribution in [0.5, 0.6) is 0 Å². The van der Waals surface area contributed by atoms with E-state index in [1.807, 2.05) is 0 Å². The Kier molecular flexibility index (Phi) is 4.16. The number of nitrogens with zero attached hydrogens (tertiary/aromatic N) is 1. The van der Waals surface area contributed by atoms with Gasteiger partial charge in [0, 0.05) is 13.5 Å². The lowest BCUT2D eigenvalue weighted by Crippen LogP contribution is -2.59. The summed E-state index contributed by atoms with van der Waals surface area (Å²) in [5.41, 5.74) is -0.955. The van der Waals surface area contributed by atoms with E-state index in [0.717, 1.165) is 6.42 Å². The van der Waals surface area contributed by atoms with Crippen LogP contribution in [0.15, 0.2) is 0 Å². The summed E-state index contributed by atoms with van der Waals surface area (Å²) in [6.07, 6.45) is 1.27. The van der Waals surface area contributed by atoms with E-state index in [-0.39, 0.29) is 11.8 Å². The average Bonchev–Trinajstić information content (AvgIpc) is 2.59. The molecular formula is C10H19BN2O4. The predicted octanol–water partition coefficient (Wildman–Crippen LogP) is -1.10. The lowest BCUT2D eigenvalue weighted by molar-refractivity contribution is -0.137. The zero-order chi connectivity index (χ0) is 13.2. The first-order valence-corrected chi connectivity index (χ1v) is 5.74. The summed E-state index contributed by atoms with van der Waals surface area (Å²) < 4.78 is 0. The van der Waals surface area contributed by atoms with Gasteiger partial charge in [-0.15, -0.1) is 0 Å². The van der Waals surface area contributed by atoms with Crippen molar-refractivity contribution in [3.63, 3.8) is 0 Å². The molecule has 96 valence electrons. The molecule has 6 nitrogen and oxygen atoms in total. The zero-order valence-corrected chi connectivity index (χ0v) is 10.4. The first kappa shape index (κ1) is 14.0. The van der Waals surface area contributed by atoms with Gasteiger partial charge in [-0.25, -0.2) is 0 Å². The van der Waals surface area contributed by atoms with E-state index < -0.39 is 18.6 Å². The monoisotopic (exact) mass is 242 g/mol. The minimum Gasteiger partial charge on any atom is -0.426 e. The van der Waals surface area contributed by atoms with Gasteiger partial charge in [-0.1, -0.05) is 0 Å². The van der Waals surface area contributed by atoms with Crippen LogP contribution in [0.1, 0.15) is 33.6 Å². The SMILES string of the molecule is CC(=O)N[C@H](C)C(=O)N1CCCC1(C)B(O)O. The Morgan fingerprint density at radius 1 is 1.47 bits per heavy atom. The van der Waals surface area contributed by atoms with E-state index in [2.05, 4.69) is 5.32 Å². The second-order valence-electron chi connectivity index (χ2n) is 4.75. The average molecular weight is 242 g/mol. The number of carbonyl (C=O) groups excluding carboxylic acids is 2. The molecule has 1 aliphatic rings. The highest BCUT2D eigenvalue weighted by atomic mass is 16.4. The van der Waals surface area contributed by atoms with Gasteiger partial charge in [-0.3, -0.25) is 9.59 Å². The van der Waals surface area contributed by atoms with E-state index in [1.54, 1.807) is 13.8 Å². The Hall–Kier alpha value is -1.08. The van der Waals surface area contributed by atoms with Crippen LogP contribution >= 0.6 is 0 Å². The highest BCUT2D eigenvalue weighted by Gasteiger charge is 2.49. The molecular weight excluding hydrogens is 223 g/mol. The first-order chi connectivity index (χ1) is 7.79. The summed E-state index contributed by atoms with van der Waals surface area (Å²) in [5, 5.41) is 21.2. The largest absolute Gasteiger partial charge is 0.478 e. The molecule has 0 aromatic rings. The quantitative estimate of drug-likeness (QED) is 0.548. The fourth-order valence-corrected chi connectivity index (χ4v) is 2.22. The normalized spacial score (nSPS) is 25.6. The molecule has 2 amide bonds. The van der Waals surface area contributed by atoms with Gasteiger partial charge in [0.25, 0.3) is 0 Å². The molecule has 7 heteroatoms. The van der Waals surface area contributed by atoms with E-state index in [0.29, 0.717) is 13.0 Å². The number of nitrogens with one attached hydrogen (secondary N) is 1. The molecule has 0 bridgehead atoms. The maximum Gasteiger partial charge on any atom is 0.478 e. The van der Waals surface area contributed by atoms with Gasteiger partial charge < -0.3 is 20.3 Å². The summed E-state index contributed by atoms with van der Waals surface area (Å²) in [6.45, 7) is 5.06. The standard InChI is InChI=1S/C10H19BN2O4/c1-7(12-8(2)14)9(15)13-6-4-5-10(13,3)11(16)17/h7,16-17H,4-6H2,1-3H3,(H,12,14)/t7-,10?/m1/s1. The number of hydrogen-bond donors (Lipinski definition) is 3. The van der Waals surface area contributed by atoms with Crippen molar-refractivity contribution in [3.8, 4) is 0 Å². The molecule has 17 heavy (non-hydrogen) atoms. The van der Waals surface area contributed by atoms with E-state index in [4.69, 9.17) is 0 Å². The van der Waals surface area contributed by atoms with Crippen LogP contribution in [0.4, 0.5) is 0 Å². The molecule has 0 radical (unpaired) electrons. The molecule has 3 N–H and O–H groups in total. The Morgan fingerprint density at radius 2 is 2.06 bits per heavy atom. The molecule has 1 saturated heterocycles. The van der Waals surface area contributed by atoms with Crippen molar-refractivity contribution in [2.75, 3.05) is 6.54 Å². The van der Waals surface area contributed by atoms with Gasteiger partial charge in [0.1, 0.15) is 6.04 Å². The van der Waals surface area contributed by atoms with Crippen LogP contribution < -0.4 is 5.32 Å². The lowest BCUT2D eigenvalue weighted by Gasteiger charge is -2.36. The van der Waals surface area contributed by atoms with Gasteiger partial charge in [-0.2, -0.15) is 0 Å². The Labute approximate surface area is 101 Å². The van der Waals surface area contributed by atoms with Crippen LogP contribution in [0.2, 0.25) is 0 Å². The van der Waals surface area contributed by atoms with Crippen molar-refractivity contribution in [1.82, 2.24) is 10.2 Å². The third-order valence-electron chi connectivity index (χ3n) is 3.29. The molecule has 0 aliphatic carbocycles. The van der Waals surface area contributed by atoms with Crippen molar-refractivity contribution < 1.29 is 19.6 Å². The summed E-state index contributed by atoms with van der Waals surface area (Å²) in [4.78, 5) is 24.4. The second kappa shape index (κ2) is 5.06. The van der Waals surface area contributed by atoms with E-state index in [9.17, 15) is 19.6 Å². The fraction of sp³-hybridized carbons (Fsp3) is 0.800. The minimum atomic E-state index is -1.57. The maximum atomic E-state index is 12.1. The maximum absolute atomic E-state index is 12.1. The number of carbonyl (C=O) groups is 2. The predicted molar refractivity (Wildman–Crippen MR) is 62.8 cm³/mol. The molecule has 1 aliphatic heterocycles. The van der Waals surface area contributed by atoms with E-state index >= 15 is 0 Å². The van der Waals surface area contributed by atoms with Crippen LogP contribution in [0.25, 0.3) is 0 Å². The Morgan fingerprint density at radius 3 is 2.53 bits per heavy atom. The third kappa shape index (κ3) is 2.78. The Balaban J connectivity index is 2.78. The second-order valence-corrected chi connectivity index (χ2v) is 4.75. The van der Waals surface area contributed by atoms with Gasteiger partial charge >= 0.3 is 7.12 Å². The molecule has 0 spiro atoms. The van der Waals surface area contributed by atoms with Crippen molar-refractivity contribution >= 4 is 18.9 Å². The van der Waals surface area contributed by atoms with Crippen LogP contribution in [0.3, 0.4) is 0 Å². The lowest BCUT2D eigenvalue weighted by atomic mass is 9.64. The van der Waals surface area contributed by atoms with Crippen LogP contribution in [-0.2, 0) is 9.59 Å². The molecule has 0 aromatic carbocycles. The van der Waals surface area contributed by atoms with Crippen LogP contribution in [0, 0.1) is 0 Å². The van der Waals surface area contributed by atoms with Crippen molar-refractivity contribution in [3.05, 3.63) is 0 Å². The fourth-order valence-electron chi connectivity index (χ4n) is 2.22. The van der Waals surface area contributed by atoms with Gasteiger partial charge in [0.2, 0.25) is 11.8 Å². The van der Waals surface area contributed by atoms with Gasteiger partial charge in [0.15, 0.2) is 0 Å². The smallest absolute Gasteiger partial charge is 0.426 e. The minimum absolute atomic E-state index is 0.281. The Bertz CT molecular complexity index is 323. The van der Waals surface area contributed by atoms with Crippen molar-refractivity contribution in [2.45, 2.75) is 45.1 Å². The van der Waals surface area contributed by atoms with Crippen LogP contribution in [-0.4, -0.2) is 51.9 Å². The highest BCUT2D eigenvalue weighted by molar-refractivity contribution is 6.46. The third-order valence-corrected chi connectivity index (χ3v) is 3.29. The molecule has 0 aromatic heterocycles. The van der Waals surface area contributed by atoms with Crippen molar-refractivity contribution in [2.24, 2.45) is 0 Å². The summed E-state index contributed by atoms with van der Waals surface area (Å²) in [7, 11) is -1.57. The first-order valence-electron chi connectivity index (χ1n) is 5.74.